The van der Waals surface area contributed by atoms with Gasteiger partial charge in [-0.15, -0.1) is 0 Å². The zero-order valence-electron chi connectivity index (χ0n) is 6.71. The maximum atomic E-state index is 10.5. The molecule has 0 aliphatic heterocycles. The Labute approximate surface area is 69.8 Å². The highest BCUT2D eigenvalue weighted by Crippen LogP contribution is 1.98. The minimum atomic E-state index is -2.02. The lowest BCUT2D eigenvalue weighted by Crippen LogP contribution is -2.36. The molecule has 2 atom stereocenters. The predicted octanol–water partition coefficient (Wildman–Crippen LogP) is -0.460. The third kappa shape index (κ3) is 5.32. The minimum absolute atomic E-state index is 0.427. The average molecular weight is 179 g/mol. The van der Waals surface area contributed by atoms with Crippen LogP contribution < -0.4 is 11.1 Å². The number of nitrogens with one attached hydrogen (secondary N) is 1. The fourth-order valence-corrected chi connectivity index (χ4v) is 1.45. The van der Waals surface area contributed by atoms with E-state index in [2.05, 4.69) is 5.32 Å². The molecule has 5 heteroatoms. The molecule has 2 unspecified atom stereocenters. The monoisotopic (exact) mass is 179 g/mol. The van der Waals surface area contributed by atoms with Gasteiger partial charge in [0, 0.05) is 13.1 Å². The summed E-state index contributed by atoms with van der Waals surface area (Å²) in [5, 5.41) is 2.40. The van der Waals surface area contributed by atoms with E-state index in [9.17, 15) is 8.76 Å². The van der Waals surface area contributed by atoms with Crippen molar-refractivity contribution >= 4 is 11.1 Å². The lowest BCUT2D eigenvalue weighted by Gasteiger charge is -2.19. The summed E-state index contributed by atoms with van der Waals surface area (Å²) in [4.78, 5) is 0. The van der Waals surface area contributed by atoms with Crippen molar-refractivity contribution in [1.82, 2.24) is 5.32 Å². The molecule has 0 aliphatic rings. The molecule has 0 aromatic heterocycles. The SMILES string of the molecule is CCCC(NCCN)S(=O)[O-]. The van der Waals surface area contributed by atoms with E-state index < -0.39 is 16.5 Å². The Morgan fingerprint density at radius 3 is 2.73 bits per heavy atom. The van der Waals surface area contributed by atoms with Gasteiger partial charge in [-0.25, -0.2) is 0 Å². The van der Waals surface area contributed by atoms with Crippen LogP contribution in [0, 0.1) is 0 Å². The van der Waals surface area contributed by atoms with Gasteiger partial charge in [0.1, 0.15) is 0 Å². The number of hydrogen-bond acceptors (Lipinski definition) is 4. The predicted molar refractivity (Wildman–Crippen MR) is 44.7 cm³/mol. The lowest BCUT2D eigenvalue weighted by molar-refractivity contribution is 0.489. The van der Waals surface area contributed by atoms with E-state index in [1.54, 1.807) is 0 Å². The highest BCUT2D eigenvalue weighted by atomic mass is 32.2. The zero-order valence-corrected chi connectivity index (χ0v) is 7.52. The van der Waals surface area contributed by atoms with E-state index in [4.69, 9.17) is 5.73 Å². The summed E-state index contributed by atoms with van der Waals surface area (Å²) >= 11 is -2.02. The Hall–Kier alpha value is 0.0300. The van der Waals surface area contributed by atoms with Crippen LogP contribution in [0.15, 0.2) is 0 Å². The second-order valence-electron chi connectivity index (χ2n) is 2.28. The van der Waals surface area contributed by atoms with Crippen LogP contribution in [-0.4, -0.2) is 27.2 Å². The highest BCUT2D eigenvalue weighted by Gasteiger charge is 2.04. The summed E-state index contributed by atoms with van der Waals surface area (Å²) in [5.74, 6) is 0. The fourth-order valence-electron chi connectivity index (χ4n) is 0.773. The maximum Gasteiger partial charge on any atom is 0.0701 e. The third-order valence-electron chi connectivity index (χ3n) is 1.30. The molecule has 0 amide bonds. The van der Waals surface area contributed by atoms with Crippen molar-refractivity contribution in [1.29, 1.82) is 0 Å². The molecule has 0 aromatic carbocycles. The molecule has 0 heterocycles. The maximum absolute atomic E-state index is 10.5. The molecule has 4 nitrogen and oxygen atoms in total. The summed E-state index contributed by atoms with van der Waals surface area (Å²) in [5.41, 5.74) is 5.21. The van der Waals surface area contributed by atoms with Crippen molar-refractivity contribution in [2.24, 2.45) is 5.73 Å². The lowest BCUT2D eigenvalue weighted by atomic mass is 10.3. The molecule has 0 rings (SSSR count). The van der Waals surface area contributed by atoms with Gasteiger partial charge in [-0.2, -0.15) is 0 Å². The topological polar surface area (TPSA) is 78.2 Å². The van der Waals surface area contributed by atoms with Gasteiger partial charge in [-0.3, -0.25) is 4.21 Å². The first-order chi connectivity index (χ1) is 5.22. The van der Waals surface area contributed by atoms with Crippen LogP contribution >= 0.6 is 0 Å². The summed E-state index contributed by atoms with van der Waals surface area (Å²) in [7, 11) is 0. The molecule has 0 saturated heterocycles. The van der Waals surface area contributed by atoms with Crippen LogP contribution in [0.25, 0.3) is 0 Å². The fraction of sp³-hybridized carbons (Fsp3) is 1.00. The van der Waals surface area contributed by atoms with Crippen LogP contribution in [0.4, 0.5) is 0 Å². The van der Waals surface area contributed by atoms with Gasteiger partial charge in [0.15, 0.2) is 0 Å². The number of nitrogens with two attached hydrogens (primary N) is 1. The van der Waals surface area contributed by atoms with Crippen LogP contribution in [0.1, 0.15) is 19.8 Å². The van der Waals surface area contributed by atoms with Gasteiger partial charge in [0.25, 0.3) is 0 Å². The van der Waals surface area contributed by atoms with E-state index >= 15 is 0 Å². The first-order valence-corrected chi connectivity index (χ1v) is 4.87. The summed E-state index contributed by atoms with van der Waals surface area (Å²) in [6.07, 6.45) is 1.51. The molecule has 0 fully saturated rings. The normalized spacial score (nSPS) is 16.3. The van der Waals surface area contributed by atoms with Crippen molar-refractivity contribution in [3.05, 3.63) is 0 Å². The van der Waals surface area contributed by atoms with Crippen molar-refractivity contribution < 1.29 is 8.76 Å². The molecule has 11 heavy (non-hydrogen) atoms. The van der Waals surface area contributed by atoms with Crippen molar-refractivity contribution in [2.75, 3.05) is 13.1 Å². The molecule has 0 aliphatic carbocycles. The number of hydrogen-bond donors (Lipinski definition) is 2. The van der Waals surface area contributed by atoms with Gasteiger partial charge < -0.3 is 15.6 Å². The first-order valence-electron chi connectivity index (χ1n) is 3.73. The Balaban J connectivity index is 3.60. The molecule has 0 bridgehead atoms. The summed E-state index contributed by atoms with van der Waals surface area (Å²) in [6.45, 7) is 2.97. The van der Waals surface area contributed by atoms with Gasteiger partial charge in [0.2, 0.25) is 0 Å². The largest absolute Gasteiger partial charge is 0.771 e. The smallest absolute Gasteiger partial charge is 0.0701 e. The Morgan fingerprint density at radius 2 is 2.36 bits per heavy atom. The quantitative estimate of drug-likeness (QED) is 0.541. The van der Waals surface area contributed by atoms with Crippen LogP contribution in [-0.2, 0) is 11.1 Å². The second-order valence-corrected chi connectivity index (χ2v) is 3.37. The minimum Gasteiger partial charge on any atom is -0.771 e. The molecule has 68 valence electrons. The van der Waals surface area contributed by atoms with Gasteiger partial charge in [-0.1, -0.05) is 13.3 Å². The molecule has 0 aromatic rings. The van der Waals surface area contributed by atoms with Crippen molar-refractivity contribution in [2.45, 2.75) is 25.1 Å². The Kier molecular flexibility index (Phi) is 6.74. The second kappa shape index (κ2) is 6.72. The molecular weight excluding hydrogens is 164 g/mol. The van der Waals surface area contributed by atoms with Gasteiger partial charge in [-0.05, 0) is 17.5 Å². The third-order valence-corrected chi connectivity index (χ3v) is 2.17. The van der Waals surface area contributed by atoms with Crippen LogP contribution in [0.3, 0.4) is 0 Å². The van der Waals surface area contributed by atoms with Crippen LogP contribution in [0.2, 0.25) is 0 Å². The van der Waals surface area contributed by atoms with E-state index in [1.165, 1.54) is 0 Å². The number of rotatable bonds is 6. The van der Waals surface area contributed by atoms with Crippen molar-refractivity contribution in [3.8, 4) is 0 Å². The van der Waals surface area contributed by atoms with E-state index in [-0.39, 0.29) is 0 Å². The zero-order chi connectivity index (χ0) is 8.69. The summed E-state index contributed by atoms with van der Waals surface area (Å²) in [6, 6.07) is 0. The highest BCUT2D eigenvalue weighted by molar-refractivity contribution is 7.79. The molecule has 0 radical (unpaired) electrons. The molecular formula is C6H15N2O2S-. The average Bonchev–Trinajstić information content (AvgIpc) is 1.97. The molecule has 0 spiro atoms. The first kappa shape index (κ1) is 11.0. The van der Waals surface area contributed by atoms with E-state index in [0.717, 1.165) is 6.42 Å². The van der Waals surface area contributed by atoms with E-state index in [1.807, 2.05) is 6.92 Å². The van der Waals surface area contributed by atoms with Gasteiger partial charge >= 0.3 is 0 Å². The van der Waals surface area contributed by atoms with E-state index in [0.29, 0.717) is 19.5 Å². The van der Waals surface area contributed by atoms with Gasteiger partial charge in [0.05, 0.1) is 5.37 Å². The standard InChI is InChI=1S/C6H16N2O2S/c1-2-3-6(11(9)10)8-5-4-7/h6,8H,2-5,7H2,1H3,(H,9,10)/p-1. The van der Waals surface area contributed by atoms with Crippen LogP contribution in [0.5, 0.6) is 0 Å². The molecule has 3 N–H and O–H groups in total. The summed E-state index contributed by atoms with van der Waals surface area (Å²) < 4.78 is 21.0. The van der Waals surface area contributed by atoms with Crippen molar-refractivity contribution in [3.63, 3.8) is 0 Å². The Bertz CT molecular complexity index is 121. The Morgan fingerprint density at radius 1 is 1.73 bits per heavy atom. The molecule has 0 saturated carbocycles.